The third-order valence-corrected chi connectivity index (χ3v) is 14.0. The second-order valence-corrected chi connectivity index (χ2v) is 18.6. The van der Waals surface area contributed by atoms with Crippen molar-refractivity contribution in [2.75, 3.05) is 55.1 Å². The third kappa shape index (κ3) is 21.1. The minimum Gasteiger partial charge on any atom is -0.512 e. The van der Waals surface area contributed by atoms with E-state index in [1.54, 1.807) is 9.80 Å². The SMILES string of the molecule is CN[C@@H]1CCN(C(=O)C(c2ccccc2)c2ccccc2)[C@H](C(=O)OC)C1.CO.COC(=O)[C@@H]1C[C@H](N(C)CCCc2ccccc2)CCN1C(=O)C(c1ccccc1)c1ccccc1.O=CCCc1ccccc1.[B].[C-]#N.[Na+]. The van der Waals surface area contributed by atoms with Crippen molar-refractivity contribution in [1.82, 2.24) is 20.0 Å². The number of nitrogens with one attached hydrogen (secondary N) is 1. The van der Waals surface area contributed by atoms with Crippen molar-refractivity contribution in [2.24, 2.45) is 0 Å². The first-order valence-corrected chi connectivity index (χ1v) is 26.2. The van der Waals surface area contributed by atoms with Gasteiger partial charge in [-0.3, -0.25) is 9.59 Å². The van der Waals surface area contributed by atoms with Crippen LogP contribution in [-0.4, -0.2) is 137 Å². The van der Waals surface area contributed by atoms with E-state index in [0.717, 1.165) is 74.3 Å². The molecule has 2 N–H and O–H groups in total. The number of methoxy groups -OCH3 is 2. The number of piperidine rings is 2. The quantitative estimate of drug-likeness (QED) is 0.0503. The van der Waals surface area contributed by atoms with E-state index in [9.17, 15) is 24.0 Å². The number of nitrogens with zero attached hydrogens (tertiary/aromatic N) is 4. The van der Waals surface area contributed by atoms with Crippen LogP contribution < -0.4 is 34.9 Å². The Labute approximate surface area is 493 Å². The van der Waals surface area contributed by atoms with Gasteiger partial charge in [0, 0.05) is 47.1 Å². The van der Waals surface area contributed by atoms with E-state index in [2.05, 4.69) is 41.5 Å². The van der Waals surface area contributed by atoms with Crippen LogP contribution in [0.3, 0.4) is 0 Å². The van der Waals surface area contributed by atoms with Crippen LogP contribution in [0.5, 0.6) is 0 Å². The minimum absolute atomic E-state index is 0. The Balaban J connectivity index is 0.000000436. The fourth-order valence-corrected chi connectivity index (χ4v) is 9.92. The van der Waals surface area contributed by atoms with Crippen LogP contribution in [0.15, 0.2) is 182 Å². The Kier molecular flexibility index (Phi) is 33.6. The second-order valence-electron chi connectivity index (χ2n) is 18.6. The zero-order valence-corrected chi connectivity index (χ0v) is 48.8. The Bertz CT molecular complexity index is 2560. The second kappa shape index (κ2) is 38.8. The van der Waals surface area contributed by atoms with Gasteiger partial charge in [-0.1, -0.05) is 182 Å². The van der Waals surface area contributed by atoms with Gasteiger partial charge < -0.3 is 51.2 Å². The Hall–Kier alpha value is -6.70. The summed E-state index contributed by atoms with van der Waals surface area (Å²) in [7, 11) is 7.79. The van der Waals surface area contributed by atoms with Gasteiger partial charge in [-0.2, -0.15) is 0 Å². The molecule has 0 aliphatic carbocycles. The van der Waals surface area contributed by atoms with E-state index >= 15 is 0 Å². The van der Waals surface area contributed by atoms with Crippen LogP contribution in [0, 0.1) is 11.8 Å². The number of hydrogen-bond donors (Lipinski definition) is 2. The van der Waals surface area contributed by atoms with E-state index in [4.69, 9.17) is 26.4 Å². The van der Waals surface area contributed by atoms with Crippen LogP contribution >= 0.6 is 0 Å². The number of hydrogen-bond acceptors (Lipinski definition) is 11. The molecule has 2 saturated heterocycles. The smallest absolute Gasteiger partial charge is 0.512 e. The zero-order valence-electron chi connectivity index (χ0n) is 46.8. The van der Waals surface area contributed by atoms with Gasteiger partial charge in [-0.25, -0.2) is 9.59 Å². The van der Waals surface area contributed by atoms with Crippen molar-refractivity contribution >= 4 is 38.5 Å². The molecule has 2 aliphatic rings. The average molecular weight is 1080 g/mol. The molecule has 2 amide bonds. The molecule has 409 valence electrons. The van der Waals surface area contributed by atoms with E-state index in [1.807, 2.05) is 165 Å². The molecule has 15 heteroatoms. The van der Waals surface area contributed by atoms with Gasteiger partial charge in [0.25, 0.3) is 0 Å². The summed E-state index contributed by atoms with van der Waals surface area (Å²) in [5, 5.41) is 16.5. The molecule has 0 spiro atoms. The predicted octanol–water partition coefficient (Wildman–Crippen LogP) is 5.63. The van der Waals surface area contributed by atoms with Crippen LogP contribution in [0.25, 0.3) is 0 Å². The van der Waals surface area contributed by atoms with Crippen LogP contribution in [0.4, 0.5) is 0 Å². The fourth-order valence-electron chi connectivity index (χ4n) is 9.92. The molecule has 79 heavy (non-hydrogen) atoms. The number of esters is 2. The molecule has 0 bridgehead atoms. The molecule has 2 fully saturated rings. The molecule has 0 unspecified atom stereocenters. The molecule has 3 radical (unpaired) electrons. The van der Waals surface area contributed by atoms with E-state index in [-0.39, 0.29) is 73.8 Å². The van der Waals surface area contributed by atoms with Crippen molar-refractivity contribution < 1.29 is 68.1 Å². The number of carbonyl (C=O) groups excluding carboxylic acids is 5. The standard InChI is InChI=1S/C31H36N2O3.C22H26N2O3.C9H10O.CN.CH4O.B.Na/c1-32(21-12-15-24-13-6-3-7-14-24)27-20-22-33(28(23-27)31(35)36-2)30(34)29(25-16-8-4-9-17-25)26-18-10-5-11-19-26;1-23-18-13-14-24(19(15-18)22(26)27-2)21(25)20(16-9-5-3-6-10-16)17-11-7-4-8-12-17;10-8-4-7-9-5-2-1-3-6-9;2*1-2;;/h3-11,13-14,16-19,27-29H,12,15,20-23H2,1-2H3;3-12,18-20,23H,13-15H2,1-2H3;1-3,5-6,8H,4,7H2;;2H,1H3;;/q;;;-1;;;+1/t27-,28+;18-,19+;;;;;/m11...../s1. The molecule has 6 aromatic carbocycles. The van der Waals surface area contributed by atoms with Gasteiger partial charge in [-0.15, -0.1) is 0 Å². The number of ether oxygens (including phenoxy) is 2. The van der Waals surface area contributed by atoms with Crippen LogP contribution in [0.2, 0.25) is 0 Å². The summed E-state index contributed by atoms with van der Waals surface area (Å²) in [6.45, 7) is 6.75. The number of carbonyl (C=O) groups is 5. The van der Waals surface area contributed by atoms with Crippen molar-refractivity contribution in [3.05, 3.63) is 222 Å². The van der Waals surface area contributed by atoms with Crippen LogP contribution in [-0.2, 0) is 46.3 Å². The topological polar surface area (TPSA) is 170 Å². The van der Waals surface area contributed by atoms with Gasteiger partial charge in [0.1, 0.15) is 18.4 Å². The first-order valence-electron chi connectivity index (χ1n) is 26.2. The van der Waals surface area contributed by atoms with E-state index in [1.165, 1.54) is 25.3 Å². The number of benzene rings is 6. The number of likely N-dealkylation sites (tertiary alicyclic amines) is 2. The molecular weight excluding hydrogens is 1000 g/mol. The number of aryl methyl sites for hydroxylation is 2. The van der Waals surface area contributed by atoms with Crippen molar-refractivity contribution in [1.29, 1.82) is 5.26 Å². The molecule has 2 heterocycles. The number of aliphatic hydroxyl groups is 1. The maximum absolute atomic E-state index is 14.0. The largest absolute Gasteiger partial charge is 1.00 e. The maximum atomic E-state index is 14.0. The molecule has 4 atom stereocenters. The molecule has 0 aromatic heterocycles. The van der Waals surface area contributed by atoms with Gasteiger partial charge in [-0.05, 0) is 99.0 Å². The molecule has 13 nitrogen and oxygen atoms in total. The number of aliphatic hydroxyl groups excluding tert-OH is 1. The normalized spacial score (nSPS) is 16.1. The zero-order chi connectivity index (χ0) is 55.8. The van der Waals surface area contributed by atoms with Gasteiger partial charge in [0.15, 0.2) is 0 Å². The number of amides is 2. The summed E-state index contributed by atoms with van der Waals surface area (Å²) in [5.74, 6) is -1.70. The van der Waals surface area contributed by atoms with E-state index in [0.29, 0.717) is 32.4 Å². The summed E-state index contributed by atoms with van der Waals surface area (Å²) in [5.41, 5.74) is 6.28. The molecular formula is C64H76BN5NaO8. The Morgan fingerprint density at radius 1 is 0.608 bits per heavy atom. The van der Waals surface area contributed by atoms with Crippen molar-refractivity contribution in [3.8, 4) is 0 Å². The fraction of sp³-hybridized carbons (Fsp3) is 0.344. The summed E-state index contributed by atoms with van der Waals surface area (Å²) in [4.78, 5) is 68.7. The van der Waals surface area contributed by atoms with Gasteiger partial charge >= 0.3 is 41.5 Å². The van der Waals surface area contributed by atoms with Gasteiger partial charge in [0.05, 0.1) is 26.1 Å². The average Bonchev–Trinajstić information content (AvgIpc) is 3.53. The maximum Gasteiger partial charge on any atom is 1.00 e. The van der Waals surface area contributed by atoms with Gasteiger partial charge in [0.2, 0.25) is 11.8 Å². The Morgan fingerprint density at radius 2 is 0.949 bits per heavy atom. The minimum atomic E-state index is -0.590. The third-order valence-electron chi connectivity index (χ3n) is 14.0. The van der Waals surface area contributed by atoms with Crippen molar-refractivity contribution in [3.63, 3.8) is 0 Å². The summed E-state index contributed by atoms with van der Waals surface area (Å²) in [6, 6.07) is 58.9. The Morgan fingerprint density at radius 3 is 1.30 bits per heavy atom. The number of rotatable bonds is 17. The molecule has 8 rings (SSSR count). The number of aldehydes is 1. The van der Waals surface area contributed by atoms with Crippen molar-refractivity contribution in [2.45, 2.75) is 87.4 Å². The summed E-state index contributed by atoms with van der Waals surface area (Å²) in [6.07, 6.45) is 7.30. The predicted molar refractivity (Wildman–Crippen MR) is 307 cm³/mol. The first kappa shape index (κ1) is 68.4. The monoisotopic (exact) mass is 1080 g/mol. The first-order chi connectivity index (χ1) is 37.7. The molecule has 0 saturated carbocycles. The summed E-state index contributed by atoms with van der Waals surface area (Å²) < 4.78 is 10.2. The van der Waals surface area contributed by atoms with E-state index < -0.39 is 23.9 Å². The molecule has 2 aliphatic heterocycles. The summed E-state index contributed by atoms with van der Waals surface area (Å²) >= 11 is 0. The van der Waals surface area contributed by atoms with Crippen LogP contribution in [0.1, 0.15) is 83.7 Å². The molecule has 6 aromatic rings.